The third-order valence-corrected chi connectivity index (χ3v) is 4.82. The van der Waals surface area contributed by atoms with E-state index in [1.165, 1.54) is 0 Å². The van der Waals surface area contributed by atoms with Crippen LogP contribution in [0.1, 0.15) is 0 Å². The van der Waals surface area contributed by atoms with Gasteiger partial charge in [-0.25, -0.2) is 19.9 Å². The number of aromatic nitrogens is 5. The summed E-state index contributed by atoms with van der Waals surface area (Å²) in [5, 5.41) is 4.43. The van der Waals surface area contributed by atoms with E-state index in [1.54, 1.807) is 30.2 Å². The van der Waals surface area contributed by atoms with Crippen molar-refractivity contribution in [1.82, 2.24) is 24.9 Å². The highest BCUT2D eigenvalue weighted by atomic mass is 32.1. The van der Waals surface area contributed by atoms with Crippen LogP contribution in [-0.2, 0) is 0 Å². The first-order chi connectivity index (χ1) is 11.4. The van der Waals surface area contributed by atoms with Crippen molar-refractivity contribution in [2.24, 2.45) is 0 Å². The molecule has 6 nitrogen and oxygen atoms in total. The third-order valence-electron chi connectivity index (χ3n) is 3.71. The van der Waals surface area contributed by atoms with Gasteiger partial charge >= 0.3 is 0 Å². The van der Waals surface area contributed by atoms with Crippen LogP contribution in [-0.4, -0.2) is 24.9 Å². The van der Waals surface area contributed by atoms with Gasteiger partial charge in [0.2, 0.25) is 0 Å². The molecule has 110 valence electrons. The van der Waals surface area contributed by atoms with Crippen molar-refractivity contribution in [2.75, 3.05) is 5.32 Å². The van der Waals surface area contributed by atoms with Gasteiger partial charge in [0.25, 0.3) is 0 Å². The van der Waals surface area contributed by atoms with E-state index in [0.717, 1.165) is 43.0 Å². The molecule has 0 atom stereocenters. The van der Waals surface area contributed by atoms with Crippen LogP contribution in [0.25, 0.3) is 31.5 Å². The number of imidazole rings is 1. The number of nitrogens with one attached hydrogen (secondary N) is 2. The Labute approximate surface area is 134 Å². The number of anilines is 2. The van der Waals surface area contributed by atoms with Crippen LogP contribution in [0, 0.1) is 0 Å². The Kier molecular flexibility index (Phi) is 2.56. The fourth-order valence-corrected chi connectivity index (χ4v) is 3.69. The SMILES string of the molecule is c1cnc2sc3c(Nc4ccc5nc[nH]c5c4)ncnc3c2c1. The number of hydrogen-bond acceptors (Lipinski definition) is 6. The lowest BCUT2D eigenvalue weighted by Crippen LogP contribution is -1.94. The van der Waals surface area contributed by atoms with Crippen LogP contribution in [0.5, 0.6) is 0 Å². The van der Waals surface area contributed by atoms with E-state index in [2.05, 4.69) is 30.2 Å². The average molecular weight is 318 g/mol. The molecule has 2 N–H and O–H groups in total. The number of fused-ring (bicyclic) bond motifs is 4. The van der Waals surface area contributed by atoms with Gasteiger partial charge in [-0.3, -0.25) is 0 Å². The van der Waals surface area contributed by atoms with Gasteiger partial charge in [-0.05, 0) is 30.3 Å². The van der Waals surface area contributed by atoms with E-state index >= 15 is 0 Å². The van der Waals surface area contributed by atoms with Crippen molar-refractivity contribution >= 4 is 54.3 Å². The largest absolute Gasteiger partial charge is 0.345 e. The second kappa shape index (κ2) is 4.72. The molecule has 1 aromatic carbocycles. The highest BCUT2D eigenvalue weighted by Gasteiger charge is 2.12. The summed E-state index contributed by atoms with van der Waals surface area (Å²) in [5.74, 6) is 0.789. The van der Waals surface area contributed by atoms with Gasteiger partial charge in [-0.2, -0.15) is 0 Å². The first-order valence-corrected chi connectivity index (χ1v) is 7.88. The Balaban J connectivity index is 1.67. The van der Waals surface area contributed by atoms with Crippen LogP contribution in [0.2, 0.25) is 0 Å². The first-order valence-electron chi connectivity index (χ1n) is 7.07. The molecule has 5 rings (SSSR count). The standard InChI is InChI=1S/C16H10N6S/c1-2-10-13-14(23-16(10)17-5-1)15(21-8-20-13)22-9-3-4-11-12(6-9)19-7-18-11/h1-8H,(H,18,19)(H,20,21,22). The average Bonchev–Trinajstić information content (AvgIpc) is 3.19. The van der Waals surface area contributed by atoms with Crippen molar-refractivity contribution in [2.45, 2.75) is 0 Å². The number of benzene rings is 1. The molecule has 5 aromatic rings. The van der Waals surface area contributed by atoms with Crippen molar-refractivity contribution < 1.29 is 0 Å². The number of pyridine rings is 1. The monoisotopic (exact) mass is 318 g/mol. The fourth-order valence-electron chi connectivity index (χ4n) is 2.65. The van der Waals surface area contributed by atoms with E-state index in [9.17, 15) is 0 Å². The zero-order valence-corrected chi connectivity index (χ0v) is 12.6. The smallest absolute Gasteiger partial charge is 0.151 e. The zero-order valence-electron chi connectivity index (χ0n) is 11.8. The topological polar surface area (TPSA) is 79.4 Å². The molecule has 0 bridgehead atoms. The van der Waals surface area contributed by atoms with Gasteiger partial charge < -0.3 is 10.3 Å². The molecule has 0 fully saturated rings. The minimum Gasteiger partial charge on any atom is -0.345 e. The second-order valence-electron chi connectivity index (χ2n) is 5.12. The number of hydrogen-bond donors (Lipinski definition) is 2. The van der Waals surface area contributed by atoms with Crippen LogP contribution in [0.3, 0.4) is 0 Å². The molecule has 4 heterocycles. The molecule has 23 heavy (non-hydrogen) atoms. The van der Waals surface area contributed by atoms with Crippen LogP contribution in [0.15, 0.2) is 49.2 Å². The summed E-state index contributed by atoms with van der Waals surface area (Å²) in [6.07, 6.45) is 5.07. The number of rotatable bonds is 2. The zero-order chi connectivity index (χ0) is 15.2. The number of thiophene rings is 1. The number of nitrogens with zero attached hydrogens (tertiary/aromatic N) is 4. The summed E-state index contributed by atoms with van der Waals surface area (Å²) in [6, 6.07) is 9.94. The second-order valence-corrected chi connectivity index (χ2v) is 6.12. The third kappa shape index (κ3) is 1.94. The minimum atomic E-state index is 0.789. The van der Waals surface area contributed by atoms with E-state index in [4.69, 9.17) is 0 Å². The molecule has 0 aliphatic rings. The highest BCUT2D eigenvalue weighted by molar-refractivity contribution is 7.25. The Morgan fingerprint density at radius 3 is 3.04 bits per heavy atom. The Morgan fingerprint density at radius 2 is 2.04 bits per heavy atom. The lowest BCUT2D eigenvalue weighted by Gasteiger charge is -2.06. The lowest BCUT2D eigenvalue weighted by atomic mass is 10.2. The van der Waals surface area contributed by atoms with E-state index in [0.29, 0.717) is 0 Å². The van der Waals surface area contributed by atoms with Gasteiger partial charge in [0.1, 0.15) is 11.2 Å². The molecule has 0 aliphatic heterocycles. The van der Waals surface area contributed by atoms with Crippen molar-refractivity contribution in [1.29, 1.82) is 0 Å². The summed E-state index contributed by atoms with van der Waals surface area (Å²) in [5.41, 5.74) is 3.80. The molecular formula is C16H10N6S. The molecule has 0 radical (unpaired) electrons. The molecule has 0 unspecified atom stereocenters. The van der Waals surface area contributed by atoms with Crippen molar-refractivity contribution in [3.8, 4) is 0 Å². The minimum absolute atomic E-state index is 0.789. The molecule has 7 heteroatoms. The molecule has 4 aromatic heterocycles. The number of H-pyrrole nitrogens is 1. The van der Waals surface area contributed by atoms with Crippen LogP contribution < -0.4 is 5.32 Å². The molecular weight excluding hydrogens is 308 g/mol. The van der Waals surface area contributed by atoms with Crippen molar-refractivity contribution in [3.05, 3.63) is 49.2 Å². The highest BCUT2D eigenvalue weighted by Crippen LogP contribution is 2.35. The first kappa shape index (κ1) is 12.5. The van der Waals surface area contributed by atoms with Gasteiger partial charge in [-0.1, -0.05) is 0 Å². The summed E-state index contributed by atoms with van der Waals surface area (Å²) in [4.78, 5) is 21.5. The van der Waals surface area contributed by atoms with E-state index < -0.39 is 0 Å². The van der Waals surface area contributed by atoms with Crippen LogP contribution >= 0.6 is 11.3 Å². The van der Waals surface area contributed by atoms with Gasteiger partial charge in [0, 0.05) is 17.3 Å². The summed E-state index contributed by atoms with van der Waals surface area (Å²) in [6.45, 7) is 0. The maximum Gasteiger partial charge on any atom is 0.151 e. The van der Waals surface area contributed by atoms with Crippen molar-refractivity contribution in [3.63, 3.8) is 0 Å². The van der Waals surface area contributed by atoms with Gasteiger partial charge in [-0.15, -0.1) is 11.3 Å². The maximum absolute atomic E-state index is 4.42. The van der Waals surface area contributed by atoms with Gasteiger partial charge in [0.15, 0.2) is 5.82 Å². The number of aromatic amines is 1. The van der Waals surface area contributed by atoms with E-state index in [-0.39, 0.29) is 0 Å². The van der Waals surface area contributed by atoms with Gasteiger partial charge in [0.05, 0.1) is 27.6 Å². The Hall–Kier alpha value is -3.06. The molecule has 0 aliphatic carbocycles. The molecule has 0 saturated heterocycles. The molecule has 0 saturated carbocycles. The normalized spacial score (nSPS) is 11.5. The quantitative estimate of drug-likeness (QED) is 0.516. The predicted octanol–water partition coefficient (Wildman–Crippen LogP) is 3.86. The predicted molar refractivity (Wildman–Crippen MR) is 92.1 cm³/mol. The molecule has 0 spiro atoms. The summed E-state index contributed by atoms with van der Waals surface area (Å²) >= 11 is 1.59. The Bertz CT molecular complexity index is 1160. The van der Waals surface area contributed by atoms with Crippen LogP contribution in [0.4, 0.5) is 11.5 Å². The summed E-state index contributed by atoms with van der Waals surface area (Å²) in [7, 11) is 0. The maximum atomic E-state index is 4.42. The van der Waals surface area contributed by atoms with E-state index in [1.807, 2.05) is 30.3 Å². The lowest BCUT2D eigenvalue weighted by molar-refractivity contribution is 1.23. The summed E-state index contributed by atoms with van der Waals surface area (Å²) < 4.78 is 1.01. The molecule has 0 amide bonds. The Morgan fingerprint density at radius 1 is 1.04 bits per heavy atom. The fraction of sp³-hybridized carbons (Fsp3) is 0.